The van der Waals surface area contributed by atoms with E-state index in [0.29, 0.717) is 34.7 Å². The lowest BCUT2D eigenvalue weighted by Crippen LogP contribution is -2.17. The van der Waals surface area contributed by atoms with Crippen LogP contribution in [0.1, 0.15) is 47.5 Å². The maximum absolute atomic E-state index is 12.8. The van der Waals surface area contributed by atoms with Crippen LogP contribution in [0.4, 0.5) is 5.00 Å². The summed E-state index contributed by atoms with van der Waals surface area (Å²) in [6.45, 7) is 5.16. The van der Waals surface area contributed by atoms with Crippen LogP contribution in [0.3, 0.4) is 0 Å². The van der Waals surface area contributed by atoms with Crippen LogP contribution in [0.2, 0.25) is 0 Å². The van der Waals surface area contributed by atoms with E-state index in [1.165, 1.54) is 30.2 Å². The second-order valence-electron chi connectivity index (χ2n) is 7.72. The van der Waals surface area contributed by atoms with Crippen LogP contribution in [0.25, 0.3) is 11.4 Å². The van der Waals surface area contributed by atoms with Gasteiger partial charge in [0, 0.05) is 11.4 Å². The Kier molecular flexibility index (Phi) is 7.89. The van der Waals surface area contributed by atoms with Crippen LogP contribution in [0.5, 0.6) is 5.75 Å². The van der Waals surface area contributed by atoms with Crippen LogP contribution >= 0.6 is 23.1 Å². The van der Waals surface area contributed by atoms with Crippen LogP contribution in [-0.2, 0) is 28.9 Å². The maximum Gasteiger partial charge on any atom is 0.341 e. The first kappa shape index (κ1) is 24.3. The molecular weight excluding hydrogens is 472 g/mol. The Morgan fingerprint density at radius 3 is 2.74 bits per heavy atom. The minimum Gasteiger partial charge on any atom is -0.493 e. The molecular formula is C24H28N4O4S2. The quantitative estimate of drug-likeness (QED) is 0.332. The fraction of sp³-hybridized carbons (Fsp3) is 0.417. The van der Waals surface area contributed by atoms with Crippen LogP contribution in [-0.4, -0.2) is 46.1 Å². The first-order valence-electron chi connectivity index (χ1n) is 11.4. The van der Waals surface area contributed by atoms with Gasteiger partial charge in [0.25, 0.3) is 0 Å². The number of thiophene rings is 1. The number of amides is 1. The van der Waals surface area contributed by atoms with Gasteiger partial charge in [0.05, 0.1) is 30.6 Å². The largest absolute Gasteiger partial charge is 0.493 e. The molecule has 2 aromatic heterocycles. The standard InChI is InChI=1S/C24H28N4O4S2/c1-4-28-21(15-10-6-8-12-17(15)32-5-2)26-27-24(28)33-14-19(29)25-22-20(23(30)31-3)16-11-7-9-13-18(16)34-22/h6,8,10,12H,4-5,7,9,11,13-14H2,1-3H3,(H,25,29). The summed E-state index contributed by atoms with van der Waals surface area (Å²) < 4.78 is 12.7. The summed E-state index contributed by atoms with van der Waals surface area (Å²) in [4.78, 5) is 26.4. The van der Waals surface area contributed by atoms with Gasteiger partial charge in [-0.15, -0.1) is 21.5 Å². The Morgan fingerprint density at radius 2 is 1.97 bits per heavy atom. The van der Waals surface area contributed by atoms with Crippen molar-refractivity contribution in [2.24, 2.45) is 0 Å². The number of nitrogens with one attached hydrogen (secondary N) is 1. The number of fused-ring (bicyclic) bond motifs is 1. The molecule has 3 aromatic rings. The lowest BCUT2D eigenvalue weighted by Gasteiger charge is -2.12. The summed E-state index contributed by atoms with van der Waals surface area (Å²) >= 11 is 2.80. The average molecular weight is 501 g/mol. The average Bonchev–Trinajstić information content (AvgIpc) is 3.43. The van der Waals surface area contributed by atoms with Crippen molar-refractivity contribution in [3.8, 4) is 17.1 Å². The van der Waals surface area contributed by atoms with Gasteiger partial charge in [-0.2, -0.15) is 0 Å². The van der Waals surface area contributed by atoms with Gasteiger partial charge < -0.3 is 19.4 Å². The Balaban J connectivity index is 1.50. The number of aromatic nitrogens is 3. The number of anilines is 1. The molecule has 2 heterocycles. The first-order chi connectivity index (χ1) is 16.6. The molecule has 180 valence electrons. The zero-order valence-corrected chi connectivity index (χ0v) is 21.2. The number of carbonyl (C=O) groups excluding carboxylic acids is 2. The number of ether oxygens (including phenoxy) is 2. The lowest BCUT2D eigenvalue weighted by atomic mass is 9.95. The van der Waals surface area contributed by atoms with Crippen molar-refractivity contribution < 1.29 is 19.1 Å². The predicted octanol–water partition coefficient (Wildman–Crippen LogP) is 4.82. The van der Waals surface area contributed by atoms with Gasteiger partial charge in [0.15, 0.2) is 11.0 Å². The van der Waals surface area contributed by atoms with Crippen molar-refractivity contribution in [3.63, 3.8) is 0 Å². The Bertz CT molecular complexity index is 1190. The number of carbonyl (C=O) groups is 2. The van der Waals surface area contributed by atoms with E-state index < -0.39 is 5.97 Å². The number of thioether (sulfide) groups is 1. The number of rotatable bonds is 9. The molecule has 10 heteroatoms. The molecule has 34 heavy (non-hydrogen) atoms. The zero-order valence-electron chi connectivity index (χ0n) is 19.6. The Labute approximate surface area is 207 Å². The topological polar surface area (TPSA) is 95.3 Å². The fourth-order valence-corrected chi connectivity index (χ4v) is 6.17. The molecule has 0 saturated carbocycles. The molecule has 1 aliphatic carbocycles. The molecule has 0 fully saturated rings. The SMILES string of the molecule is CCOc1ccccc1-c1nnc(SCC(=O)Nc2sc3c(c2C(=O)OC)CCCC3)n1CC. The minimum atomic E-state index is -0.398. The van der Waals surface area contributed by atoms with E-state index in [9.17, 15) is 9.59 Å². The molecule has 1 aliphatic rings. The lowest BCUT2D eigenvalue weighted by molar-refractivity contribution is -0.113. The van der Waals surface area contributed by atoms with Gasteiger partial charge in [-0.05, 0) is 57.2 Å². The fourth-order valence-electron chi connectivity index (χ4n) is 4.08. The van der Waals surface area contributed by atoms with Gasteiger partial charge in [-0.1, -0.05) is 23.9 Å². The third kappa shape index (κ3) is 4.97. The van der Waals surface area contributed by atoms with Crippen molar-refractivity contribution in [2.45, 2.75) is 51.2 Å². The van der Waals surface area contributed by atoms with Gasteiger partial charge in [0.2, 0.25) is 5.91 Å². The van der Waals surface area contributed by atoms with Crippen LogP contribution in [0, 0.1) is 0 Å². The number of para-hydroxylation sites is 1. The van der Waals surface area contributed by atoms with Gasteiger partial charge in [-0.25, -0.2) is 4.79 Å². The van der Waals surface area contributed by atoms with Gasteiger partial charge >= 0.3 is 5.97 Å². The Hall–Kier alpha value is -2.85. The predicted molar refractivity (Wildman–Crippen MR) is 134 cm³/mol. The van der Waals surface area contributed by atoms with E-state index in [2.05, 4.69) is 15.5 Å². The van der Waals surface area contributed by atoms with E-state index >= 15 is 0 Å². The first-order valence-corrected chi connectivity index (χ1v) is 13.2. The highest BCUT2D eigenvalue weighted by Crippen LogP contribution is 2.39. The second kappa shape index (κ2) is 11.1. The Morgan fingerprint density at radius 1 is 1.18 bits per heavy atom. The molecule has 1 N–H and O–H groups in total. The van der Waals surface area contributed by atoms with Crippen molar-refractivity contribution in [1.29, 1.82) is 0 Å². The monoisotopic (exact) mass is 500 g/mol. The van der Waals surface area contributed by atoms with Gasteiger partial charge in [-0.3, -0.25) is 4.79 Å². The molecule has 0 bridgehead atoms. The zero-order chi connectivity index (χ0) is 24.1. The number of hydrogen-bond acceptors (Lipinski definition) is 8. The molecule has 0 saturated heterocycles. The summed E-state index contributed by atoms with van der Waals surface area (Å²) in [6.07, 6.45) is 3.91. The second-order valence-corrected chi connectivity index (χ2v) is 9.77. The number of benzene rings is 1. The van der Waals surface area contributed by atoms with E-state index in [1.807, 2.05) is 42.7 Å². The molecule has 4 rings (SSSR count). The molecule has 0 unspecified atom stereocenters. The van der Waals surface area contributed by atoms with E-state index in [0.717, 1.165) is 47.4 Å². The number of hydrogen-bond donors (Lipinski definition) is 1. The van der Waals surface area contributed by atoms with Crippen LogP contribution < -0.4 is 10.1 Å². The van der Waals surface area contributed by atoms with Crippen molar-refractivity contribution >= 4 is 40.0 Å². The smallest absolute Gasteiger partial charge is 0.341 e. The number of methoxy groups -OCH3 is 1. The van der Waals surface area contributed by atoms with E-state index in [4.69, 9.17) is 9.47 Å². The summed E-state index contributed by atoms with van der Waals surface area (Å²) in [5, 5.41) is 12.9. The van der Waals surface area contributed by atoms with Crippen molar-refractivity contribution in [1.82, 2.24) is 14.8 Å². The van der Waals surface area contributed by atoms with Crippen LogP contribution in [0.15, 0.2) is 29.4 Å². The molecule has 0 aliphatic heterocycles. The van der Waals surface area contributed by atoms with Crippen molar-refractivity contribution in [3.05, 3.63) is 40.3 Å². The third-order valence-electron chi connectivity index (χ3n) is 5.61. The number of esters is 1. The van der Waals surface area contributed by atoms with Crippen molar-refractivity contribution in [2.75, 3.05) is 24.8 Å². The molecule has 0 radical (unpaired) electrons. The highest BCUT2D eigenvalue weighted by molar-refractivity contribution is 7.99. The van der Waals surface area contributed by atoms with E-state index in [-0.39, 0.29) is 11.7 Å². The molecule has 1 amide bonds. The summed E-state index contributed by atoms with van der Waals surface area (Å²) in [5.41, 5.74) is 2.39. The summed E-state index contributed by atoms with van der Waals surface area (Å²) in [7, 11) is 1.37. The number of nitrogens with zero attached hydrogens (tertiary/aromatic N) is 3. The number of aryl methyl sites for hydroxylation is 1. The van der Waals surface area contributed by atoms with Gasteiger partial charge in [0.1, 0.15) is 10.8 Å². The van der Waals surface area contributed by atoms with E-state index in [1.54, 1.807) is 0 Å². The third-order valence-corrected chi connectivity index (χ3v) is 7.78. The molecule has 0 atom stereocenters. The highest BCUT2D eigenvalue weighted by atomic mass is 32.2. The normalized spacial score (nSPS) is 12.8. The minimum absolute atomic E-state index is 0.147. The summed E-state index contributed by atoms with van der Waals surface area (Å²) in [6, 6.07) is 7.72. The maximum atomic E-state index is 12.8. The highest BCUT2D eigenvalue weighted by Gasteiger charge is 2.27. The molecule has 1 aromatic carbocycles. The molecule has 0 spiro atoms. The molecule has 8 nitrogen and oxygen atoms in total. The summed E-state index contributed by atoms with van der Waals surface area (Å²) in [5.74, 6) is 1.00.